The fraction of sp³-hybridized carbons (Fsp3) is 0.750. The Morgan fingerprint density at radius 2 is 2.38 bits per heavy atom. The van der Waals surface area contributed by atoms with Crippen molar-refractivity contribution in [3.63, 3.8) is 0 Å². The molecule has 0 unspecified atom stereocenters. The van der Waals surface area contributed by atoms with E-state index in [1.54, 1.807) is 0 Å². The largest absolute Gasteiger partial charge is 0.340 e. The van der Waals surface area contributed by atoms with Crippen LogP contribution in [0.5, 0.6) is 0 Å². The summed E-state index contributed by atoms with van der Waals surface area (Å²) in [7, 11) is 0. The highest BCUT2D eigenvalue weighted by Gasteiger charge is 2.24. The molecule has 1 aromatic rings. The summed E-state index contributed by atoms with van der Waals surface area (Å²) in [4.78, 5) is 13.4. The predicted molar refractivity (Wildman–Crippen MR) is 48.2 cm³/mol. The first kappa shape index (κ1) is 8.50. The van der Waals surface area contributed by atoms with E-state index in [1.807, 2.05) is 0 Å². The van der Waals surface area contributed by atoms with Gasteiger partial charge in [-0.1, -0.05) is 6.42 Å². The molecule has 0 saturated heterocycles. The Morgan fingerprint density at radius 3 is 2.92 bits per heavy atom. The summed E-state index contributed by atoms with van der Waals surface area (Å²) >= 11 is 0. The highest BCUT2D eigenvalue weighted by molar-refractivity contribution is 4.90. The Hall–Kier alpha value is -1.10. The number of rotatable bonds is 2. The van der Waals surface area contributed by atoms with E-state index in [-0.39, 0.29) is 11.7 Å². The summed E-state index contributed by atoms with van der Waals surface area (Å²) in [5, 5.41) is 6.22. The summed E-state index contributed by atoms with van der Waals surface area (Å²) in [6.45, 7) is 0. The standard InChI is InChI=1S/C8H14N4O/c9-6-3-1-2-5(6)4-7-10-8(13)12-11-7/h5-6H,1-4,9H2,(H2,10,11,12,13)/t5-,6+/m0/s1. The van der Waals surface area contributed by atoms with Crippen molar-refractivity contribution < 1.29 is 0 Å². The van der Waals surface area contributed by atoms with Crippen molar-refractivity contribution in [3.05, 3.63) is 16.3 Å². The van der Waals surface area contributed by atoms with Crippen LogP contribution in [0.4, 0.5) is 0 Å². The molecule has 1 saturated carbocycles. The predicted octanol–water partition coefficient (Wildman–Crippen LogP) is -0.232. The summed E-state index contributed by atoms with van der Waals surface area (Å²) in [6.07, 6.45) is 4.23. The maximum Gasteiger partial charge on any atom is 0.340 e. The number of aromatic nitrogens is 3. The third-order valence-electron chi connectivity index (χ3n) is 2.72. The molecule has 1 aliphatic rings. The zero-order valence-corrected chi connectivity index (χ0v) is 7.42. The number of hydrogen-bond donors (Lipinski definition) is 3. The van der Waals surface area contributed by atoms with Gasteiger partial charge >= 0.3 is 5.69 Å². The van der Waals surface area contributed by atoms with E-state index in [1.165, 1.54) is 6.42 Å². The van der Waals surface area contributed by atoms with Gasteiger partial charge in [0.25, 0.3) is 0 Å². The SMILES string of the molecule is N[C@@H]1CCC[C@H]1Cc1n[nH]c(=O)[nH]1. The average molecular weight is 182 g/mol. The molecule has 1 aliphatic carbocycles. The third kappa shape index (κ3) is 1.80. The average Bonchev–Trinajstić information content (AvgIpc) is 2.64. The van der Waals surface area contributed by atoms with Crippen molar-refractivity contribution >= 4 is 0 Å². The number of nitrogens with one attached hydrogen (secondary N) is 2. The highest BCUT2D eigenvalue weighted by Crippen LogP contribution is 2.25. The summed E-state index contributed by atoms with van der Waals surface area (Å²) in [5.74, 6) is 1.21. The van der Waals surface area contributed by atoms with Gasteiger partial charge in [-0.2, -0.15) is 5.10 Å². The van der Waals surface area contributed by atoms with Crippen molar-refractivity contribution in [2.24, 2.45) is 11.7 Å². The first-order chi connectivity index (χ1) is 6.25. The van der Waals surface area contributed by atoms with Crippen LogP contribution in [0.15, 0.2) is 4.79 Å². The molecule has 0 bridgehead atoms. The Labute approximate surface area is 75.7 Å². The lowest BCUT2D eigenvalue weighted by Gasteiger charge is -2.12. The van der Waals surface area contributed by atoms with Crippen molar-refractivity contribution in [1.82, 2.24) is 15.2 Å². The quantitative estimate of drug-likeness (QED) is 0.590. The van der Waals surface area contributed by atoms with Gasteiger partial charge in [-0.25, -0.2) is 9.89 Å². The lowest BCUT2D eigenvalue weighted by atomic mass is 10.0. The van der Waals surface area contributed by atoms with Gasteiger partial charge in [0.1, 0.15) is 5.82 Å². The fourth-order valence-electron chi connectivity index (χ4n) is 1.97. The zero-order valence-electron chi connectivity index (χ0n) is 7.42. The fourth-order valence-corrected chi connectivity index (χ4v) is 1.97. The van der Waals surface area contributed by atoms with Gasteiger partial charge in [0.05, 0.1) is 0 Å². The maximum atomic E-state index is 10.7. The second-order valence-corrected chi connectivity index (χ2v) is 3.68. The summed E-state index contributed by atoms with van der Waals surface area (Å²) < 4.78 is 0. The Morgan fingerprint density at radius 1 is 1.54 bits per heavy atom. The van der Waals surface area contributed by atoms with Crippen LogP contribution in [-0.2, 0) is 6.42 Å². The molecule has 0 radical (unpaired) electrons. The van der Waals surface area contributed by atoms with Gasteiger partial charge in [-0.15, -0.1) is 0 Å². The van der Waals surface area contributed by atoms with Crippen LogP contribution in [0, 0.1) is 5.92 Å². The minimum Gasteiger partial charge on any atom is -0.327 e. The van der Waals surface area contributed by atoms with Gasteiger partial charge < -0.3 is 5.73 Å². The number of nitrogens with zero attached hydrogens (tertiary/aromatic N) is 1. The van der Waals surface area contributed by atoms with Gasteiger partial charge in [-0.05, 0) is 18.8 Å². The molecule has 1 aromatic heterocycles. The van der Waals surface area contributed by atoms with Gasteiger partial charge in [-0.3, -0.25) is 4.98 Å². The van der Waals surface area contributed by atoms with Crippen LogP contribution < -0.4 is 11.4 Å². The molecular weight excluding hydrogens is 168 g/mol. The van der Waals surface area contributed by atoms with E-state index in [4.69, 9.17) is 5.73 Å². The van der Waals surface area contributed by atoms with Crippen LogP contribution in [0.25, 0.3) is 0 Å². The lowest BCUT2D eigenvalue weighted by molar-refractivity contribution is 0.468. The van der Waals surface area contributed by atoms with Gasteiger partial charge in [0.15, 0.2) is 0 Å². The minimum absolute atomic E-state index is 0.235. The van der Waals surface area contributed by atoms with E-state index >= 15 is 0 Å². The van der Waals surface area contributed by atoms with Crippen molar-refractivity contribution in [1.29, 1.82) is 0 Å². The number of hydrogen-bond acceptors (Lipinski definition) is 3. The Balaban J connectivity index is 2.01. The molecule has 5 nitrogen and oxygen atoms in total. The Bertz CT molecular complexity index is 329. The van der Waals surface area contributed by atoms with Gasteiger partial charge in [0.2, 0.25) is 0 Å². The molecule has 0 aromatic carbocycles. The van der Waals surface area contributed by atoms with Crippen LogP contribution in [0.3, 0.4) is 0 Å². The van der Waals surface area contributed by atoms with Crippen LogP contribution in [0.2, 0.25) is 0 Å². The maximum absolute atomic E-state index is 10.7. The molecule has 5 heteroatoms. The van der Waals surface area contributed by atoms with E-state index in [0.717, 1.165) is 25.1 Å². The highest BCUT2D eigenvalue weighted by atomic mass is 16.1. The number of H-pyrrole nitrogens is 2. The van der Waals surface area contributed by atoms with Crippen LogP contribution >= 0.6 is 0 Å². The zero-order chi connectivity index (χ0) is 9.26. The second kappa shape index (κ2) is 3.33. The summed E-state index contributed by atoms with van der Waals surface area (Å²) in [5.41, 5.74) is 5.67. The Kier molecular flexibility index (Phi) is 2.18. The third-order valence-corrected chi connectivity index (χ3v) is 2.72. The van der Waals surface area contributed by atoms with Crippen LogP contribution in [-0.4, -0.2) is 21.2 Å². The second-order valence-electron chi connectivity index (χ2n) is 3.68. The number of nitrogens with two attached hydrogens (primary N) is 1. The smallest absolute Gasteiger partial charge is 0.327 e. The normalized spacial score (nSPS) is 28.1. The molecular formula is C8H14N4O. The molecule has 1 heterocycles. The monoisotopic (exact) mass is 182 g/mol. The van der Waals surface area contributed by atoms with E-state index in [0.29, 0.717) is 5.92 Å². The molecule has 13 heavy (non-hydrogen) atoms. The molecule has 4 N–H and O–H groups in total. The van der Waals surface area contributed by atoms with E-state index < -0.39 is 0 Å². The topological polar surface area (TPSA) is 87.6 Å². The molecule has 0 amide bonds. The lowest BCUT2D eigenvalue weighted by Crippen LogP contribution is -2.26. The van der Waals surface area contributed by atoms with Crippen molar-refractivity contribution in [2.45, 2.75) is 31.7 Å². The van der Waals surface area contributed by atoms with E-state index in [2.05, 4.69) is 15.2 Å². The van der Waals surface area contributed by atoms with Crippen LogP contribution in [0.1, 0.15) is 25.1 Å². The molecule has 72 valence electrons. The van der Waals surface area contributed by atoms with Gasteiger partial charge in [0, 0.05) is 12.5 Å². The number of aromatic amines is 2. The van der Waals surface area contributed by atoms with Crippen molar-refractivity contribution in [3.8, 4) is 0 Å². The minimum atomic E-state index is -0.235. The molecule has 1 fully saturated rings. The van der Waals surface area contributed by atoms with E-state index in [9.17, 15) is 4.79 Å². The first-order valence-corrected chi connectivity index (χ1v) is 4.65. The molecule has 0 aliphatic heterocycles. The summed E-state index contributed by atoms with van der Waals surface area (Å²) in [6, 6.07) is 0.278. The van der Waals surface area contributed by atoms with Crippen molar-refractivity contribution in [2.75, 3.05) is 0 Å². The molecule has 2 rings (SSSR count). The first-order valence-electron chi connectivity index (χ1n) is 4.65. The molecule has 0 spiro atoms. The molecule has 2 atom stereocenters.